The van der Waals surface area contributed by atoms with Crippen molar-refractivity contribution in [2.75, 3.05) is 19.0 Å². The number of carbonyl (C=O) groups excluding carboxylic acids is 1. The maximum Gasteiger partial charge on any atom is 0.267 e. The highest BCUT2D eigenvalue weighted by atomic mass is 35.5. The van der Waals surface area contributed by atoms with Crippen LogP contribution in [0.3, 0.4) is 0 Å². The third-order valence-electron chi connectivity index (χ3n) is 4.91. The molecule has 2 aliphatic heterocycles. The largest absolute Gasteiger partial charge is 0.369 e. The summed E-state index contributed by atoms with van der Waals surface area (Å²) in [5.74, 6) is -1.45. The quantitative estimate of drug-likeness (QED) is 0.657. The van der Waals surface area contributed by atoms with E-state index < -0.39 is 32.9 Å². The molecule has 160 valence electrons. The van der Waals surface area contributed by atoms with Crippen LogP contribution in [0.1, 0.15) is 27.4 Å². The predicted octanol–water partition coefficient (Wildman–Crippen LogP) is 2.11. The molecule has 0 aromatic carbocycles. The molecular formula is C17H17ClFN5O4S2. The molecule has 3 N–H and O–H groups in total. The molecule has 2 atom stereocenters. The number of carbonyl (C=O) groups is 1. The minimum absolute atomic E-state index is 0.0345. The van der Waals surface area contributed by atoms with Crippen LogP contribution in [0.15, 0.2) is 29.3 Å². The third-order valence-corrected chi connectivity index (χ3v) is 8.64. The van der Waals surface area contributed by atoms with Gasteiger partial charge in [-0.1, -0.05) is 17.7 Å². The standard InChI is InChI=1S/C17H17ClFN5O4S2/c1-24-16(20)23-17(6-3-7-28-15(17)30(24,26)27)13-9(18)8-10(29-13)14(25)22-12-5-2-4-11(19)21-12/h2,4-5,8,15H,3,6-7H2,1H3,(H2,20,23)(H,21,22,25)/t15?,17-/m1/s1. The van der Waals surface area contributed by atoms with Gasteiger partial charge < -0.3 is 15.8 Å². The fourth-order valence-electron chi connectivity index (χ4n) is 3.48. The number of hydrogen-bond donors (Lipinski definition) is 2. The molecule has 4 rings (SSSR count). The topological polar surface area (TPSA) is 127 Å². The van der Waals surface area contributed by atoms with Crippen LogP contribution in [0.5, 0.6) is 0 Å². The molecule has 2 aromatic heterocycles. The Bertz CT molecular complexity index is 1150. The highest BCUT2D eigenvalue weighted by molar-refractivity contribution is 7.90. The number of nitrogens with one attached hydrogen (secondary N) is 1. The van der Waals surface area contributed by atoms with Gasteiger partial charge in [-0.2, -0.15) is 4.39 Å². The highest BCUT2D eigenvalue weighted by Gasteiger charge is 2.57. The van der Waals surface area contributed by atoms with Crippen molar-refractivity contribution in [1.29, 1.82) is 0 Å². The molecule has 1 amide bonds. The number of hydrogen-bond acceptors (Lipinski definition) is 8. The smallest absolute Gasteiger partial charge is 0.267 e. The number of aromatic nitrogens is 1. The molecule has 0 bridgehead atoms. The van der Waals surface area contributed by atoms with Crippen molar-refractivity contribution in [3.05, 3.63) is 45.0 Å². The second-order valence-corrected chi connectivity index (χ2v) is 10.3. The van der Waals surface area contributed by atoms with E-state index in [2.05, 4.69) is 15.3 Å². The van der Waals surface area contributed by atoms with Gasteiger partial charge in [-0.25, -0.2) is 22.7 Å². The molecule has 2 aliphatic rings. The number of nitrogens with two attached hydrogens (primary N) is 1. The van der Waals surface area contributed by atoms with E-state index >= 15 is 0 Å². The lowest BCUT2D eigenvalue weighted by molar-refractivity contribution is 0.00334. The van der Waals surface area contributed by atoms with Crippen LogP contribution in [0.2, 0.25) is 5.02 Å². The number of nitrogens with zero attached hydrogens (tertiary/aromatic N) is 3. The Labute approximate surface area is 180 Å². The number of thiophene rings is 1. The van der Waals surface area contributed by atoms with E-state index in [1.54, 1.807) is 0 Å². The first-order chi connectivity index (χ1) is 14.1. The average Bonchev–Trinajstić information content (AvgIpc) is 3.09. The lowest BCUT2D eigenvalue weighted by Crippen LogP contribution is -2.59. The molecule has 30 heavy (non-hydrogen) atoms. The number of sulfonamides is 1. The van der Waals surface area contributed by atoms with Crippen molar-refractivity contribution in [3.8, 4) is 0 Å². The molecule has 1 unspecified atom stereocenters. The fraction of sp³-hybridized carbons (Fsp3) is 0.353. The van der Waals surface area contributed by atoms with Gasteiger partial charge in [0, 0.05) is 13.7 Å². The molecule has 0 radical (unpaired) electrons. The van der Waals surface area contributed by atoms with Crippen molar-refractivity contribution in [2.45, 2.75) is 23.8 Å². The number of aliphatic imine (C=N–C) groups is 1. The summed E-state index contributed by atoms with van der Waals surface area (Å²) in [6, 6.07) is 5.41. The number of halogens is 2. The van der Waals surface area contributed by atoms with Crippen LogP contribution >= 0.6 is 22.9 Å². The van der Waals surface area contributed by atoms with Gasteiger partial charge in [0.25, 0.3) is 15.9 Å². The van der Waals surface area contributed by atoms with Crippen molar-refractivity contribution in [2.24, 2.45) is 10.7 Å². The Morgan fingerprint density at radius 3 is 3.00 bits per heavy atom. The summed E-state index contributed by atoms with van der Waals surface area (Å²) in [5.41, 5.74) is 3.23. The average molecular weight is 474 g/mol. The predicted molar refractivity (Wildman–Crippen MR) is 110 cm³/mol. The maximum absolute atomic E-state index is 13.3. The zero-order valence-corrected chi connectivity index (χ0v) is 18.0. The van der Waals surface area contributed by atoms with Crippen LogP contribution in [0.25, 0.3) is 0 Å². The number of ether oxygens (including phenoxy) is 1. The van der Waals surface area contributed by atoms with Gasteiger partial charge in [0.1, 0.15) is 11.4 Å². The first-order valence-electron chi connectivity index (χ1n) is 8.83. The molecule has 2 aromatic rings. The SMILES string of the molecule is CN1C(N)=N[C@@]2(c3sc(C(=O)Nc4cccc(F)n4)cc3Cl)CCCOC2S1(=O)=O. The van der Waals surface area contributed by atoms with E-state index in [9.17, 15) is 17.6 Å². The van der Waals surface area contributed by atoms with Gasteiger partial charge in [-0.3, -0.25) is 4.79 Å². The molecule has 4 heterocycles. The van der Waals surface area contributed by atoms with E-state index in [1.165, 1.54) is 25.2 Å². The lowest BCUT2D eigenvalue weighted by Gasteiger charge is -2.44. The first-order valence-corrected chi connectivity index (χ1v) is 11.5. The van der Waals surface area contributed by atoms with Gasteiger partial charge in [0.15, 0.2) is 0 Å². The fourth-order valence-corrected chi connectivity index (χ4v) is 6.77. The number of pyridine rings is 1. The molecule has 0 aliphatic carbocycles. The zero-order chi connectivity index (χ0) is 21.7. The van der Waals surface area contributed by atoms with Crippen LogP contribution in [0.4, 0.5) is 10.2 Å². The number of anilines is 1. The van der Waals surface area contributed by atoms with E-state index in [0.717, 1.165) is 21.7 Å². The van der Waals surface area contributed by atoms with Crippen molar-refractivity contribution in [3.63, 3.8) is 0 Å². The molecule has 1 fully saturated rings. The van der Waals surface area contributed by atoms with Gasteiger partial charge in [-0.05, 0) is 31.0 Å². The summed E-state index contributed by atoms with van der Waals surface area (Å²) in [4.78, 5) is 21.2. The number of fused-ring (bicyclic) bond motifs is 1. The monoisotopic (exact) mass is 473 g/mol. The minimum atomic E-state index is -3.95. The second-order valence-electron chi connectivity index (χ2n) is 6.80. The van der Waals surface area contributed by atoms with E-state index in [4.69, 9.17) is 22.1 Å². The van der Waals surface area contributed by atoms with Crippen LogP contribution < -0.4 is 11.1 Å². The van der Waals surface area contributed by atoms with Gasteiger partial charge >= 0.3 is 0 Å². The minimum Gasteiger partial charge on any atom is -0.369 e. The molecule has 13 heteroatoms. The maximum atomic E-state index is 13.3. The van der Waals surface area contributed by atoms with E-state index in [1.807, 2.05) is 0 Å². The van der Waals surface area contributed by atoms with E-state index in [-0.39, 0.29) is 28.3 Å². The van der Waals surface area contributed by atoms with Crippen LogP contribution in [0, 0.1) is 5.95 Å². The summed E-state index contributed by atoms with van der Waals surface area (Å²) >= 11 is 7.41. The molecule has 9 nitrogen and oxygen atoms in total. The summed E-state index contributed by atoms with van der Waals surface area (Å²) in [6.45, 7) is 0.247. The summed E-state index contributed by atoms with van der Waals surface area (Å²) in [7, 11) is -2.65. The highest BCUT2D eigenvalue weighted by Crippen LogP contribution is 2.49. The Hall–Kier alpha value is -2.28. The number of amides is 1. The lowest BCUT2D eigenvalue weighted by atomic mass is 9.91. The summed E-state index contributed by atoms with van der Waals surface area (Å²) in [6.07, 6.45) is 0.869. The number of guanidine groups is 1. The normalized spacial score (nSPS) is 25.4. The molecule has 0 spiro atoms. The van der Waals surface area contributed by atoms with Crippen molar-refractivity contribution < 1.29 is 22.3 Å². The molecular weight excluding hydrogens is 457 g/mol. The Balaban J connectivity index is 1.75. The Morgan fingerprint density at radius 2 is 2.27 bits per heavy atom. The second kappa shape index (κ2) is 7.45. The molecule has 0 saturated carbocycles. The van der Waals surface area contributed by atoms with E-state index in [0.29, 0.717) is 17.7 Å². The van der Waals surface area contributed by atoms with Gasteiger partial charge in [-0.15, -0.1) is 11.3 Å². The Morgan fingerprint density at radius 1 is 1.50 bits per heavy atom. The third kappa shape index (κ3) is 3.33. The van der Waals surface area contributed by atoms with Gasteiger partial charge in [0.05, 0.1) is 14.8 Å². The summed E-state index contributed by atoms with van der Waals surface area (Å²) < 4.78 is 45.6. The number of rotatable bonds is 3. The Kier molecular flexibility index (Phi) is 5.21. The van der Waals surface area contributed by atoms with Crippen LogP contribution in [-0.2, 0) is 20.3 Å². The van der Waals surface area contributed by atoms with Gasteiger partial charge in [0.2, 0.25) is 17.3 Å². The zero-order valence-electron chi connectivity index (χ0n) is 15.6. The summed E-state index contributed by atoms with van der Waals surface area (Å²) in [5, 5.41) is 2.66. The molecule has 1 saturated heterocycles. The van der Waals surface area contributed by atoms with Crippen molar-refractivity contribution >= 4 is 50.6 Å². The first kappa shape index (κ1) is 21.0. The van der Waals surface area contributed by atoms with Crippen LogP contribution in [-0.4, -0.2) is 48.7 Å². The van der Waals surface area contributed by atoms with Crippen molar-refractivity contribution in [1.82, 2.24) is 9.29 Å².